The molecule has 2 aromatic carbocycles. The van der Waals surface area contributed by atoms with Gasteiger partial charge in [0, 0.05) is 37.7 Å². The first kappa shape index (κ1) is 47.6. The number of furan rings is 1. The van der Waals surface area contributed by atoms with Crippen molar-refractivity contribution in [2.45, 2.75) is 84.0 Å². The Bertz CT molecular complexity index is 2280. The second-order valence-electron chi connectivity index (χ2n) is 15.5. The minimum Gasteiger partial charge on any atom is -0.481 e. The van der Waals surface area contributed by atoms with Crippen molar-refractivity contribution in [2.24, 2.45) is 10.4 Å². The minimum absolute atomic E-state index is 0.0371. The summed E-state index contributed by atoms with van der Waals surface area (Å²) in [6.07, 6.45) is 9.25. The van der Waals surface area contributed by atoms with E-state index in [2.05, 4.69) is 43.0 Å². The molecule has 0 bridgehead atoms. The molecule has 3 amide bonds. The summed E-state index contributed by atoms with van der Waals surface area (Å²) in [6.45, 7) is 13.4. The van der Waals surface area contributed by atoms with Crippen LogP contribution >= 0.6 is 46.3 Å². The average molecular weight is 920 g/mol. The molecular formula is C43H50Cl3FN6O7S. The number of para-hydroxylation sites is 1. The number of aromatic nitrogens is 2. The van der Waals surface area contributed by atoms with Gasteiger partial charge in [-0.05, 0) is 61.4 Å². The van der Waals surface area contributed by atoms with Crippen LogP contribution in [0.25, 0.3) is 0 Å². The lowest BCUT2D eigenvalue weighted by Crippen LogP contribution is -2.45. The van der Waals surface area contributed by atoms with E-state index in [9.17, 15) is 18.8 Å². The number of aryl methyl sites for hydroxylation is 2. The Morgan fingerprint density at radius 1 is 1.15 bits per heavy atom. The Morgan fingerprint density at radius 2 is 1.85 bits per heavy atom. The molecule has 0 saturated carbocycles. The van der Waals surface area contributed by atoms with Crippen molar-refractivity contribution >= 4 is 81.1 Å². The van der Waals surface area contributed by atoms with E-state index >= 15 is 0 Å². The van der Waals surface area contributed by atoms with Gasteiger partial charge in [-0.2, -0.15) is 4.37 Å². The maximum absolute atomic E-state index is 14.5. The number of amides is 3. The number of rotatable bonds is 10. The highest BCUT2D eigenvalue weighted by atomic mass is 35.5. The number of fused-ring (bicyclic) bond motifs is 2. The summed E-state index contributed by atoms with van der Waals surface area (Å²) in [4.78, 5) is 44.4. The molecule has 1 atom stereocenters. The zero-order valence-electron chi connectivity index (χ0n) is 35.2. The number of ether oxygens (including phenoxy) is 3. The molecule has 61 heavy (non-hydrogen) atoms. The number of hydrogen-bond donors (Lipinski definition) is 0. The Hall–Kier alpha value is -4.43. The highest BCUT2D eigenvalue weighted by Crippen LogP contribution is 2.39. The highest BCUT2D eigenvalue weighted by Gasteiger charge is 2.45. The molecule has 3 aliphatic heterocycles. The van der Waals surface area contributed by atoms with Gasteiger partial charge in [-0.25, -0.2) is 9.38 Å². The van der Waals surface area contributed by atoms with Crippen LogP contribution in [-0.4, -0.2) is 81.5 Å². The number of hydrogen-bond acceptors (Lipinski definition) is 10. The van der Waals surface area contributed by atoms with E-state index < -0.39 is 16.4 Å². The summed E-state index contributed by atoms with van der Waals surface area (Å²) >= 11 is 18.1. The number of benzene rings is 2. The molecule has 18 heteroatoms. The maximum atomic E-state index is 14.5. The van der Waals surface area contributed by atoms with E-state index in [1.54, 1.807) is 38.2 Å². The van der Waals surface area contributed by atoms with Gasteiger partial charge in [0.2, 0.25) is 10.7 Å². The van der Waals surface area contributed by atoms with Gasteiger partial charge in [-0.3, -0.25) is 24.2 Å². The predicted molar refractivity (Wildman–Crippen MR) is 235 cm³/mol. The lowest BCUT2D eigenvalue weighted by Gasteiger charge is -2.29. The molecule has 7 rings (SSSR count). The van der Waals surface area contributed by atoms with Gasteiger partial charge in [0.15, 0.2) is 17.3 Å². The highest BCUT2D eigenvalue weighted by molar-refractivity contribution is 7.02. The third-order valence-electron chi connectivity index (χ3n) is 10.1. The van der Waals surface area contributed by atoms with Crippen molar-refractivity contribution in [1.82, 2.24) is 13.8 Å². The van der Waals surface area contributed by atoms with Gasteiger partial charge in [0.1, 0.15) is 47.5 Å². The molecular weight excluding hydrogens is 870 g/mol. The van der Waals surface area contributed by atoms with Crippen LogP contribution < -0.4 is 19.3 Å². The summed E-state index contributed by atoms with van der Waals surface area (Å²) in [5.74, 6) is 3.09. The summed E-state index contributed by atoms with van der Waals surface area (Å²) in [7, 11) is 1.58. The molecule has 3 aliphatic rings. The van der Waals surface area contributed by atoms with Crippen molar-refractivity contribution in [3.8, 4) is 18.1 Å². The lowest BCUT2D eigenvalue weighted by atomic mass is 9.92. The number of halogens is 4. The maximum Gasteiger partial charge on any atom is 0.265 e. The molecule has 0 N–H and O–H groups in total. The van der Waals surface area contributed by atoms with Crippen LogP contribution in [0.2, 0.25) is 0 Å². The molecule has 13 nitrogen and oxygen atoms in total. The van der Waals surface area contributed by atoms with Crippen molar-refractivity contribution in [3.05, 3.63) is 82.1 Å². The predicted octanol–water partition coefficient (Wildman–Crippen LogP) is 7.96. The van der Waals surface area contributed by atoms with Crippen molar-refractivity contribution in [1.29, 1.82) is 0 Å². The van der Waals surface area contributed by atoms with Gasteiger partial charge in [-0.1, -0.05) is 75.0 Å². The fourth-order valence-electron chi connectivity index (χ4n) is 7.20. The zero-order valence-corrected chi connectivity index (χ0v) is 38.3. The molecule has 0 aliphatic carbocycles. The van der Waals surface area contributed by atoms with Crippen molar-refractivity contribution in [3.63, 3.8) is 0 Å². The van der Waals surface area contributed by atoms with Gasteiger partial charge in [0.05, 0.1) is 30.7 Å². The molecule has 0 radical (unpaired) electrons. The molecule has 4 aromatic rings. The average Bonchev–Trinajstić information content (AvgIpc) is 4.02. The Labute approximate surface area is 374 Å². The molecule has 328 valence electrons. The molecule has 1 fully saturated rings. The lowest BCUT2D eigenvalue weighted by molar-refractivity contribution is -0.144. The summed E-state index contributed by atoms with van der Waals surface area (Å²) in [5, 5.41) is 0. The van der Waals surface area contributed by atoms with E-state index in [-0.39, 0.29) is 60.7 Å². The van der Waals surface area contributed by atoms with Crippen LogP contribution in [0, 0.1) is 23.6 Å². The molecule has 5 heterocycles. The quantitative estimate of drug-likeness (QED) is 0.0890. The molecule has 0 spiro atoms. The number of anilines is 2. The van der Waals surface area contributed by atoms with Gasteiger partial charge in [-0.15, -0.1) is 18.0 Å². The third kappa shape index (κ3) is 11.2. The fraction of sp³-hybridized carbons (Fsp3) is 0.465. The Kier molecular flexibility index (Phi) is 16.1. The van der Waals surface area contributed by atoms with E-state index in [1.165, 1.54) is 33.5 Å². The number of methoxy groups -OCH3 is 1. The normalized spacial score (nSPS) is 17.4. The van der Waals surface area contributed by atoms with E-state index in [0.29, 0.717) is 28.5 Å². The molecule has 2 aromatic heterocycles. The number of carbonyl (C=O) groups is 3. The number of carbonyl (C=O) groups excluding carboxylic acids is 3. The second kappa shape index (κ2) is 20.6. The van der Waals surface area contributed by atoms with Gasteiger partial charge in [0.25, 0.3) is 11.8 Å². The van der Waals surface area contributed by atoms with E-state index in [4.69, 9.17) is 59.9 Å². The first-order valence-corrected chi connectivity index (χ1v) is 21.7. The monoisotopic (exact) mass is 918 g/mol. The largest absolute Gasteiger partial charge is 0.481 e. The Balaban J connectivity index is 0.000000179. The van der Waals surface area contributed by atoms with Crippen LogP contribution in [0.15, 0.2) is 58.1 Å². The van der Waals surface area contributed by atoms with Crippen LogP contribution in [0.5, 0.6) is 5.75 Å². The zero-order chi connectivity index (χ0) is 44.6. The van der Waals surface area contributed by atoms with Gasteiger partial charge < -0.3 is 28.1 Å². The second-order valence-corrected chi connectivity index (χ2v) is 17.6. The van der Waals surface area contributed by atoms with Crippen LogP contribution in [-0.2, 0) is 49.7 Å². The molecule has 1 saturated heterocycles. The number of terminal acetylenes is 1. The number of alkyl halides is 3. The van der Waals surface area contributed by atoms with E-state index in [1.807, 2.05) is 28.8 Å². The number of nitrogens with zero attached hydrogens (tertiary/aromatic N) is 6. The van der Waals surface area contributed by atoms with Crippen molar-refractivity contribution < 1.29 is 37.4 Å². The summed E-state index contributed by atoms with van der Waals surface area (Å²) in [6, 6.07) is 12.5. The topological polar surface area (TPSA) is 132 Å². The standard InChI is InChI=1S/C18H17FN4O2S.C14H20ClNO2.C11H13Cl2NO3/c1-4-5-22-13-7-12(11(19)6-14(13)25-9-16(22)24)20-17-23-10-18(2,3)8-15(23)21-26-17;1-4-11-7-6-8-12(5-2)14(11)16(10-18-3)13(17)9-15;1-11(2)14(10(15)9(12)13)6-8(17-11)7-4-3-5-16-7/h1,6-7H,5,8-10H2,2-3H3;6-8H,4-5,9-10H2,1-3H3;3-5,8-9H,6H2,1-2H3/b20-17-;;. The Morgan fingerprint density at radius 3 is 2.44 bits per heavy atom. The summed E-state index contributed by atoms with van der Waals surface area (Å²) < 4.78 is 42.5. The molecule has 1 unspecified atom stereocenters. The van der Waals surface area contributed by atoms with Crippen LogP contribution in [0.4, 0.5) is 21.5 Å². The van der Waals surface area contributed by atoms with Crippen LogP contribution in [0.3, 0.4) is 0 Å². The first-order chi connectivity index (χ1) is 29.0. The van der Waals surface area contributed by atoms with Crippen LogP contribution in [0.1, 0.15) is 70.4 Å². The smallest absolute Gasteiger partial charge is 0.265 e. The van der Waals surface area contributed by atoms with Crippen molar-refractivity contribution in [2.75, 3.05) is 49.2 Å². The SMILES string of the molecule is C#CCN1C(=O)COc2cc(F)c(/N=c3\snc4n3CC(C)(C)C4)cc21.CC1(C)OC(c2ccco2)CN1C(=O)C(Cl)Cl.CCc1cccc(CC)c1N(COC)C(=O)CCl. The van der Waals surface area contributed by atoms with Gasteiger partial charge >= 0.3 is 0 Å². The summed E-state index contributed by atoms with van der Waals surface area (Å²) in [5.41, 5.74) is 3.18. The van der Waals surface area contributed by atoms with E-state index in [0.717, 1.165) is 48.4 Å². The first-order valence-electron chi connectivity index (χ1n) is 19.6. The third-order valence-corrected chi connectivity index (χ3v) is 11.5. The fourth-order valence-corrected chi connectivity index (χ4v) is 8.34. The minimum atomic E-state index is -1.08.